The molecule has 0 aliphatic heterocycles. The summed E-state index contributed by atoms with van der Waals surface area (Å²) in [5.41, 5.74) is -0.573. The summed E-state index contributed by atoms with van der Waals surface area (Å²) in [6, 6.07) is 4.16. The van der Waals surface area contributed by atoms with Crippen molar-refractivity contribution in [1.82, 2.24) is 5.32 Å². The molecule has 0 saturated carbocycles. The zero-order chi connectivity index (χ0) is 14.1. The molecule has 1 heterocycles. The first kappa shape index (κ1) is 16.5. The van der Waals surface area contributed by atoms with Crippen LogP contribution in [0.25, 0.3) is 0 Å². The Balaban J connectivity index is 2.50. The van der Waals surface area contributed by atoms with Gasteiger partial charge in [0.15, 0.2) is 0 Å². The molecule has 3 nitrogen and oxygen atoms in total. The van der Waals surface area contributed by atoms with Gasteiger partial charge in [0, 0.05) is 5.75 Å². The van der Waals surface area contributed by atoms with Crippen molar-refractivity contribution in [2.45, 2.75) is 43.4 Å². The molecular weight excluding hydrogens is 278 g/mol. The molecule has 1 aromatic rings. The smallest absolute Gasteiger partial charge is 0.326 e. The first-order valence-corrected chi connectivity index (χ1v) is 8.57. The predicted octanol–water partition coefficient (Wildman–Crippen LogP) is 3.55. The molecular formula is C14H23NO2S2. The van der Waals surface area contributed by atoms with Gasteiger partial charge in [-0.1, -0.05) is 13.0 Å². The second kappa shape index (κ2) is 8.61. The van der Waals surface area contributed by atoms with Gasteiger partial charge in [0.1, 0.15) is 5.54 Å². The van der Waals surface area contributed by atoms with E-state index in [-0.39, 0.29) is 5.97 Å². The topological polar surface area (TPSA) is 38.3 Å². The minimum absolute atomic E-state index is 0.143. The molecule has 108 valence electrons. The van der Waals surface area contributed by atoms with E-state index >= 15 is 0 Å². The summed E-state index contributed by atoms with van der Waals surface area (Å²) in [6.45, 7) is 7.15. The molecule has 0 amide bonds. The van der Waals surface area contributed by atoms with Gasteiger partial charge in [-0.25, -0.2) is 0 Å². The van der Waals surface area contributed by atoms with Crippen molar-refractivity contribution in [2.75, 3.05) is 18.9 Å². The fourth-order valence-electron chi connectivity index (χ4n) is 1.66. The van der Waals surface area contributed by atoms with Gasteiger partial charge in [-0.3, -0.25) is 4.79 Å². The molecule has 0 fully saturated rings. The lowest BCUT2D eigenvalue weighted by atomic mass is 9.99. The summed E-state index contributed by atoms with van der Waals surface area (Å²) in [4.78, 5) is 12.1. The van der Waals surface area contributed by atoms with Crippen LogP contribution in [0.15, 0.2) is 21.7 Å². The maximum atomic E-state index is 12.1. The lowest BCUT2D eigenvalue weighted by molar-refractivity contribution is -0.150. The molecule has 1 unspecified atom stereocenters. The average molecular weight is 301 g/mol. The van der Waals surface area contributed by atoms with Crippen molar-refractivity contribution in [3.63, 3.8) is 0 Å². The molecule has 1 rings (SSSR count). The van der Waals surface area contributed by atoms with Gasteiger partial charge in [-0.05, 0) is 44.7 Å². The quantitative estimate of drug-likeness (QED) is 0.559. The van der Waals surface area contributed by atoms with Crippen LogP contribution in [0.4, 0.5) is 0 Å². The molecule has 0 bridgehead atoms. The molecule has 0 saturated heterocycles. The predicted molar refractivity (Wildman–Crippen MR) is 83.0 cm³/mol. The second-order valence-electron chi connectivity index (χ2n) is 4.51. The van der Waals surface area contributed by atoms with Crippen molar-refractivity contribution in [3.8, 4) is 0 Å². The molecule has 1 aromatic heterocycles. The van der Waals surface area contributed by atoms with Gasteiger partial charge in [-0.2, -0.15) is 0 Å². The van der Waals surface area contributed by atoms with E-state index in [1.165, 1.54) is 4.21 Å². The highest BCUT2D eigenvalue weighted by molar-refractivity contribution is 8.01. The van der Waals surface area contributed by atoms with Gasteiger partial charge in [0.2, 0.25) is 0 Å². The van der Waals surface area contributed by atoms with Crippen LogP contribution >= 0.6 is 23.1 Å². The van der Waals surface area contributed by atoms with Crippen LogP contribution in [0.2, 0.25) is 0 Å². The van der Waals surface area contributed by atoms with Crippen molar-refractivity contribution < 1.29 is 9.53 Å². The molecule has 0 spiro atoms. The van der Waals surface area contributed by atoms with Crippen LogP contribution in [0, 0.1) is 0 Å². The summed E-state index contributed by atoms with van der Waals surface area (Å²) in [5, 5.41) is 5.40. The van der Waals surface area contributed by atoms with Gasteiger partial charge < -0.3 is 10.1 Å². The Kier molecular flexibility index (Phi) is 7.49. The molecule has 1 N–H and O–H groups in total. The Morgan fingerprint density at radius 2 is 2.32 bits per heavy atom. The SMILES string of the molecule is CCCNC(C)(CCSc1cccs1)C(=O)OCC. The van der Waals surface area contributed by atoms with E-state index in [0.29, 0.717) is 6.61 Å². The van der Waals surface area contributed by atoms with Gasteiger partial charge in [0.05, 0.1) is 10.8 Å². The number of hydrogen-bond donors (Lipinski definition) is 1. The monoisotopic (exact) mass is 301 g/mol. The van der Waals surface area contributed by atoms with Crippen molar-refractivity contribution >= 4 is 29.1 Å². The number of thioether (sulfide) groups is 1. The number of hydrogen-bond acceptors (Lipinski definition) is 5. The number of carbonyl (C=O) groups excluding carboxylic acids is 1. The molecule has 0 aliphatic carbocycles. The molecule has 0 radical (unpaired) electrons. The average Bonchev–Trinajstić information content (AvgIpc) is 2.90. The fourth-order valence-corrected chi connectivity index (χ4v) is 3.68. The Hall–Kier alpha value is -0.520. The standard InChI is InChI=1S/C14H23NO2S2/c1-4-9-15-14(3,13(16)17-5-2)8-11-19-12-7-6-10-18-12/h6-7,10,15H,4-5,8-9,11H2,1-3H3. The van der Waals surface area contributed by atoms with Gasteiger partial charge in [0.25, 0.3) is 0 Å². The van der Waals surface area contributed by atoms with E-state index in [9.17, 15) is 4.79 Å². The Labute approximate surface area is 124 Å². The van der Waals surface area contributed by atoms with E-state index < -0.39 is 5.54 Å². The number of esters is 1. The summed E-state index contributed by atoms with van der Waals surface area (Å²) >= 11 is 3.53. The Morgan fingerprint density at radius 1 is 1.53 bits per heavy atom. The van der Waals surface area contributed by atoms with Crippen LogP contribution < -0.4 is 5.32 Å². The summed E-state index contributed by atoms with van der Waals surface area (Å²) in [5.74, 6) is 0.766. The van der Waals surface area contributed by atoms with E-state index in [0.717, 1.165) is 25.1 Å². The van der Waals surface area contributed by atoms with Crippen LogP contribution in [0.5, 0.6) is 0 Å². The van der Waals surface area contributed by atoms with E-state index in [1.54, 1.807) is 23.1 Å². The minimum Gasteiger partial charge on any atom is -0.465 e. The first-order valence-electron chi connectivity index (χ1n) is 6.71. The van der Waals surface area contributed by atoms with Crippen molar-refractivity contribution in [2.24, 2.45) is 0 Å². The van der Waals surface area contributed by atoms with Crippen LogP contribution in [-0.4, -0.2) is 30.4 Å². The Morgan fingerprint density at radius 3 is 2.89 bits per heavy atom. The zero-order valence-electron chi connectivity index (χ0n) is 11.9. The van der Waals surface area contributed by atoms with Crippen LogP contribution in [-0.2, 0) is 9.53 Å². The largest absolute Gasteiger partial charge is 0.465 e. The number of thiophene rings is 1. The second-order valence-corrected chi connectivity index (χ2v) is 6.85. The lowest BCUT2D eigenvalue weighted by Crippen LogP contribution is -2.51. The highest BCUT2D eigenvalue weighted by Gasteiger charge is 2.33. The third kappa shape index (κ3) is 5.55. The maximum Gasteiger partial charge on any atom is 0.326 e. The highest BCUT2D eigenvalue weighted by Crippen LogP contribution is 2.26. The van der Waals surface area contributed by atoms with Crippen molar-refractivity contribution in [3.05, 3.63) is 17.5 Å². The lowest BCUT2D eigenvalue weighted by Gasteiger charge is -2.28. The fraction of sp³-hybridized carbons (Fsp3) is 0.643. The Bertz CT molecular complexity index is 368. The van der Waals surface area contributed by atoms with Gasteiger partial charge in [-0.15, -0.1) is 23.1 Å². The number of nitrogens with one attached hydrogen (secondary N) is 1. The van der Waals surface area contributed by atoms with Crippen LogP contribution in [0.3, 0.4) is 0 Å². The molecule has 0 aromatic carbocycles. The molecule has 5 heteroatoms. The number of rotatable bonds is 9. The highest BCUT2D eigenvalue weighted by atomic mass is 32.2. The third-order valence-corrected chi connectivity index (χ3v) is 4.97. The third-order valence-electron chi connectivity index (χ3n) is 2.83. The van der Waals surface area contributed by atoms with Crippen molar-refractivity contribution in [1.29, 1.82) is 0 Å². The van der Waals surface area contributed by atoms with E-state index in [1.807, 2.05) is 19.9 Å². The first-order chi connectivity index (χ1) is 9.12. The van der Waals surface area contributed by atoms with E-state index in [4.69, 9.17) is 4.74 Å². The van der Waals surface area contributed by atoms with Gasteiger partial charge >= 0.3 is 5.97 Å². The summed E-state index contributed by atoms with van der Waals surface area (Å²) < 4.78 is 6.48. The minimum atomic E-state index is -0.573. The molecule has 1 atom stereocenters. The molecule has 0 aliphatic rings. The van der Waals surface area contributed by atoms with E-state index in [2.05, 4.69) is 23.7 Å². The molecule has 19 heavy (non-hydrogen) atoms. The maximum absolute atomic E-state index is 12.1. The summed E-state index contributed by atoms with van der Waals surface area (Å²) in [6.07, 6.45) is 1.78. The number of carbonyl (C=O) groups is 1. The zero-order valence-corrected chi connectivity index (χ0v) is 13.5. The normalized spacial score (nSPS) is 14.1. The summed E-state index contributed by atoms with van der Waals surface area (Å²) in [7, 11) is 0. The van der Waals surface area contributed by atoms with Crippen LogP contribution in [0.1, 0.15) is 33.6 Å². The number of ether oxygens (including phenoxy) is 1.